The Kier molecular flexibility index (Phi) is 3.44. The predicted molar refractivity (Wildman–Crippen MR) is 62.3 cm³/mol. The van der Waals surface area contributed by atoms with E-state index in [1.54, 1.807) is 0 Å². The molecule has 0 aliphatic heterocycles. The van der Waals surface area contributed by atoms with E-state index in [1.165, 1.54) is 4.80 Å². The van der Waals surface area contributed by atoms with E-state index in [1.807, 2.05) is 37.3 Å². The Labute approximate surface area is 98.6 Å². The zero-order valence-corrected chi connectivity index (χ0v) is 9.50. The number of anilines is 1. The number of nitrogens with zero attached hydrogens (tertiary/aromatic N) is 4. The molecule has 17 heavy (non-hydrogen) atoms. The number of carbonyl (C=O) groups excluding carboxylic acids is 1. The molecule has 2 aromatic rings. The van der Waals surface area contributed by atoms with Gasteiger partial charge in [0, 0.05) is 0 Å². The number of nitrogens with one attached hydrogen (secondary N) is 1. The van der Waals surface area contributed by atoms with Crippen LogP contribution < -0.4 is 5.32 Å². The molecule has 1 N–H and O–H groups in total. The summed E-state index contributed by atoms with van der Waals surface area (Å²) in [5, 5.41) is 14.0. The second-order valence-corrected chi connectivity index (χ2v) is 3.51. The SMILES string of the molecule is CCn1nnc(NC(=O)Cc2ccccc2)n1. The summed E-state index contributed by atoms with van der Waals surface area (Å²) in [6, 6.07) is 9.50. The van der Waals surface area contributed by atoms with E-state index < -0.39 is 0 Å². The van der Waals surface area contributed by atoms with E-state index >= 15 is 0 Å². The summed E-state index contributed by atoms with van der Waals surface area (Å²) in [5.74, 6) is 0.0969. The Morgan fingerprint density at radius 2 is 2.12 bits per heavy atom. The maximum Gasteiger partial charge on any atom is 0.270 e. The van der Waals surface area contributed by atoms with Gasteiger partial charge in [-0.25, -0.2) is 0 Å². The lowest BCUT2D eigenvalue weighted by Gasteiger charge is -2.00. The summed E-state index contributed by atoms with van der Waals surface area (Å²) in [7, 11) is 0. The molecule has 1 aromatic carbocycles. The van der Waals surface area contributed by atoms with Crippen LogP contribution in [0.5, 0.6) is 0 Å². The second kappa shape index (κ2) is 5.20. The molecule has 0 aliphatic rings. The maximum atomic E-state index is 11.7. The van der Waals surface area contributed by atoms with Crippen LogP contribution in [-0.4, -0.2) is 26.1 Å². The summed E-state index contributed by atoms with van der Waals surface area (Å²) in [4.78, 5) is 13.1. The molecule has 0 fully saturated rings. The average Bonchev–Trinajstić information content (AvgIpc) is 2.78. The van der Waals surface area contributed by atoms with Crippen LogP contribution in [0.25, 0.3) is 0 Å². The smallest absolute Gasteiger partial charge is 0.270 e. The maximum absolute atomic E-state index is 11.7. The molecule has 88 valence electrons. The fraction of sp³-hybridized carbons (Fsp3) is 0.273. The zero-order valence-electron chi connectivity index (χ0n) is 9.50. The predicted octanol–water partition coefficient (Wildman–Crippen LogP) is 0.874. The minimum atomic E-state index is -0.146. The summed E-state index contributed by atoms with van der Waals surface area (Å²) in [6.07, 6.45) is 0.307. The van der Waals surface area contributed by atoms with E-state index in [2.05, 4.69) is 20.7 Å². The molecule has 1 heterocycles. The lowest BCUT2D eigenvalue weighted by Crippen LogP contribution is -2.15. The molecule has 0 atom stereocenters. The van der Waals surface area contributed by atoms with E-state index in [0.717, 1.165) is 5.56 Å². The van der Waals surface area contributed by atoms with Crippen molar-refractivity contribution in [2.24, 2.45) is 0 Å². The molecule has 0 radical (unpaired) electrons. The van der Waals surface area contributed by atoms with E-state index in [0.29, 0.717) is 13.0 Å². The third-order valence-corrected chi connectivity index (χ3v) is 2.19. The van der Waals surface area contributed by atoms with Gasteiger partial charge in [0.1, 0.15) is 0 Å². The summed E-state index contributed by atoms with van der Waals surface area (Å²) >= 11 is 0. The van der Waals surface area contributed by atoms with Crippen LogP contribution in [0, 0.1) is 0 Å². The lowest BCUT2D eigenvalue weighted by molar-refractivity contribution is -0.115. The van der Waals surface area contributed by atoms with Gasteiger partial charge in [0.2, 0.25) is 5.91 Å². The van der Waals surface area contributed by atoms with Crippen LogP contribution in [0.3, 0.4) is 0 Å². The zero-order chi connectivity index (χ0) is 12.1. The van der Waals surface area contributed by atoms with Gasteiger partial charge in [-0.05, 0) is 17.7 Å². The van der Waals surface area contributed by atoms with Gasteiger partial charge in [-0.2, -0.15) is 4.80 Å². The number of carbonyl (C=O) groups is 1. The van der Waals surface area contributed by atoms with Gasteiger partial charge in [0.25, 0.3) is 5.95 Å². The van der Waals surface area contributed by atoms with Crippen LogP contribution in [0.2, 0.25) is 0 Å². The quantitative estimate of drug-likeness (QED) is 0.847. The van der Waals surface area contributed by atoms with Gasteiger partial charge in [-0.1, -0.05) is 35.4 Å². The topological polar surface area (TPSA) is 72.7 Å². The second-order valence-electron chi connectivity index (χ2n) is 3.51. The fourth-order valence-corrected chi connectivity index (χ4v) is 1.38. The highest BCUT2D eigenvalue weighted by molar-refractivity contribution is 5.90. The summed E-state index contributed by atoms with van der Waals surface area (Å²) in [5.41, 5.74) is 0.952. The van der Waals surface area contributed by atoms with Crippen molar-refractivity contribution in [3.05, 3.63) is 35.9 Å². The third-order valence-electron chi connectivity index (χ3n) is 2.19. The number of hydrogen-bond donors (Lipinski definition) is 1. The molecule has 1 amide bonds. The third kappa shape index (κ3) is 3.10. The van der Waals surface area contributed by atoms with Crippen molar-refractivity contribution in [2.45, 2.75) is 19.9 Å². The number of rotatable bonds is 4. The van der Waals surface area contributed by atoms with Crippen molar-refractivity contribution < 1.29 is 4.79 Å². The van der Waals surface area contributed by atoms with Gasteiger partial charge >= 0.3 is 0 Å². The molecule has 1 aromatic heterocycles. The highest BCUT2D eigenvalue weighted by atomic mass is 16.1. The number of hydrogen-bond acceptors (Lipinski definition) is 4. The first-order valence-corrected chi connectivity index (χ1v) is 5.39. The number of aromatic nitrogens is 4. The standard InChI is InChI=1S/C11H13N5O/c1-2-16-14-11(13-15-16)12-10(17)8-9-6-4-3-5-7-9/h3-7H,2,8H2,1H3,(H,12,14,17). The molecule has 2 rings (SSSR count). The normalized spacial score (nSPS) is 10.2. The molecule has 6 nitrogen and oxygen atoms in total. The monoisotopic (exact) mass is 231 g/mol. The van der Waals surface area contributed by atoms with Crippen molar-refractivity contribution in [3.8, 4) is 0 Å². The van der Waals surface area contributed by atoms with Crippen LogP contribution in [0.4, 0.5) is 5.95 Å². The molecule has 0 unspecified atom stereocenters. The van der Waals surface area contributed by atoms with Crippen molar-refractivity contribution in [1.29, 1.82) is 0 Å². The highest BCUT2D eigenvalue weighted by Gasteiger charge is 2.07. The summed E-state index contributed by atoms with van der Waals surface area (Å²) < 4.78 is 0. The van der Waals surface area contributed by atoms with E-state index in [4.69, 9.17) is 0 Å². The van der Waals surface area contributed by atoms with E-state index in [-0.39, 0.29) is 11.9 Å². The Bertz CT molecular complexity index is 494. The molecule has 0 bridgehead atoms. The van der Waals surface area contributed by atoms with E-state index in [9.17, 15) is 4.79 Å². The molecular formula is C11H13N5O. The first kappa shape index (κ1) is 11.3. The summed E-state index contributed by atoms with van der Waals surface area (Å²) in [6.45, 7) is 2.53. The van der Waals surface area contributed by atoms with Crippen LogP contribution in [0.1, 0.15) is 12.5 Å². The highest BCUT2D eigenvalue weighted by Crippen LogP contribution is 2.01. The molecule has 0 aliphatic carbocycles. The minimum Gasteiger partial charge on any atom is -0.292 e. The van der Waals surface area contributed by atoms with Crippen molar-refractivity contribution in [2.75, 3.05) is 5.32 Å². The first-order valence-electron chi connectivity index (χ1n) is 5.39. The van der Waals surface area contributed by atoms with Crippen molar-refractivity contribution >= 4 is 11.9 Å². The van der Waals surface area contributed by atoms with Gasteiger partial charge in [-0.3, -0.25) is 10.1 Å². The number of aryl methyl sites for hydroxylation is 1. The van der Waals surface area contributed by atoms with Crippen LogP contribution in [0.15, 0.2) is 30.3 Å². The average molecular weight is 231 g/mol. The molecule has 6 heteroatoms. The lowest BCUT2D eigenvalue weighted by atomic mass is 10.1. The molecule has 0 saturated carbocycles. The fourth-order valence-electron chi connectivity index (χ4n) is 1.38. The number of tetrazole rings is 1. The Hall–Kier alpha value is -2.24. The number of amides is 1. The largest absolute Gasteiger partial charge is 0.292 e. The first-order chi connectivity index (χ1) is 8.28. The Morgan fingerprint density at radius 3 is 2.76 bits per heavy atom. The molecule has 0 spiro atoms. The molecule has 0 saturated heterocycles. The van der Waals surface area contributed by atoms with Gasteiger partial charge < -0.3 is 0 Å². The van der Waals surface area contributed by atoms with Gasteiger partial charge in [0.05, 0.1) is 13.0 Å². The minimum absolute atomic E-state index is 0.146. The van der Waals surface area contributed by atoms with Gasteiger partial charge in [-0.15, -0.1) is 5.10 Å². The van der Waals surface area contributed by atoms with Crippen molar-refractivity contribution in [3.63, 3.8) is 0 Å². The number of benzene rings is 1. The van der Waals surface area contributed by atoms with Crippen molar-refractivity contribution in [1.82, 2.24) is 20.2 Å². The van der Waals surface area contributed by atoms with Gasteiger partial charge in [0.15, 0.2) is 0 Å². The van der Waals surface area contributed by atoms with Crippen LogP contribution in [-0.2, 0) is 17.8 Å². The van der Waals surface area contributed by atoms with Crippen LogP contribution >= 0.6 is 0 Å². The Morgan fingerprint density at radius 1 is 1.35 bits per heavy atom. The molecular weight excluding hydrogens is 218 g/mol. The Balaban J connectivity index is 1.93.